The van der Waals surface area contributed by atoms with Gasteiger partial charge in [-0.3, -0.25) is 0 Å². The lowest BCUT2D eigenvalue weighted by Gasteiger charge is -2.30. The molecule has 0 aromatic heterocycles. The van der Waals surface area contributed by atoms with Gasteiger partial charge in [0, 0.05) is 17.6 Å². The molecule has 0 aromatic carbocycles. The van der Waals surface area contributed by atoms with E-state index in [1.165, 1.54) is 25.7 Å². The smallest absolute Gasteiger partial charge is 0.152 e. The summed E-state index contributed by atoms with van der Waals surface area (Å²) in [6, 6.07) is 0.959. The molecular formula is C14H28N2O2S. The zero-order chi connectivity index (χ0) is 13.9. The van der Waals surface area contributed by atoms with Crippen molar-refractivity contribution < 1.29 is 8.42 Å². The van der Waals surface area contributed by atoms with Gasteiger partial charge in [-0.25, -0.2) is 8.42 Å². The van der Waals surface area contributed by atoms with Gasteiger partial charge >= 0.3 is 0 Å². The van der Waals surface area contributed by atoms with Crippen LogP contribution in [-0.4, -0.2) is 44.1 Å². The van der Waals surface area contributed by atoms with Crippen molar-refractivity contribution in [1.29, 1.82) is 0 Å². The third-order valence-electron chi connectivity index (χ3n) is 4.40. The van der Waals surface area contributed by atoms with Crippen LogP contribution in [0, 0.1) is 0 Å². The average molecular weight is 288 g/mol. The highest BCUT2D eigenvalue weighted by atomic mass is 32.2. The molecule has 0 aromatic rings. The first-order valence-corrected chi connectivity index (χ1v) is 9.42. The molecule has 0 spiro atoms. The molecule has 3 atom stereocenters. The molecule has 2 fully saturated rings. The monoisotopic (exact) mass is 288 g/mol. The Morgan fingerprint density at radius 1 is 1.37 bits per heavy atom. The number of hydrogen-bond acceptors (Lipinski definition) is 4. The molecule has 0 amide bonds. The Labute approximate surface area is 117 Å². The van der Waals surface area contributed by atoms with E-state index < -0.39 is 9.84 Å². The van der Waals surface area contributed by atoms with Crippen LogP contribution in [0.4, 0.5) is 0 Å². The maximum absolute atomic E-state index is 11.6. The highest BCUT2D eigenvalue weighted by Gasteiger charge is 2.39. The average Bonchev–Trinajstić information content (AvgIpc) is 2.51. The Kier molecular flexibility index (Phi) is 4.90. The van der Waals surface area contributed by atoms with E-state index in [4.69, 9.17) is 0 Å². The van der Waals surface area contributed by atoms with E-state index in [2.05, 4.69) is 24.5 Å². The molecule has 112 valence electrons. The van der Waals surface area contributed by atoms with Crippen molar-refractivity contribution in [2.75, 3.05) is 18.1 Å². The molecule has 2 rings (SSSR count). The fourth-order valence-corrected chi connectivity index (χ4v) is 5.61. The molecule has 0 aliphatic carbocycles. The maximum Gasteiger partial charge on any atom is 0.152 e. The molecule has 0 saturated carbocycles. The van der Waals surface area contributed by atoms with Crippen molar-refractivity contribution >= 4 is 9.84 Å². The summed E-state index contributed by atoms with van der Waals surface area (Å²) in [5, 5.41) is 7.17. The van der Waals surface area contributed by atoms with Crippen LogP contribution in [0.5, 0.6) is 0 Å². The van der Waals surface area contributed by atoms with Crippen molar-refractivity contribution in [2.24, 2.45) is 0 Å². The summed E-state index contributed by atoms with van der Waals surface area (Å²) in [6.45, 7) is 5.36. The number of nitrogens with one attached hydrogen (secondary N) is 2. The number of sulfone groups is 1. The lowest BCUT2D eigenvalue weighted by Crippen LogP contribution is -2.49. The van der Waals surface area contributed by atoms with Gasteiger partial charge in [0.1, 0.15) is 0 Å². The fourth-order valence-electron chi connectivity index (χ4n) is 3.51. The first-order valence-electron chi connectivity index (χ1n) is 7.60. The summed E-state index contributed by atoms with van der Waals surface area (Å²) in [5.41, 5.74) is -0.219. The Bertz CT molecular complexity index is 388. The molecule has 5 heteroatoms. The normalized spacial score (nSPS) is 36.8. The van der Waals surface area contributed by atoms with Crippen LogP contribution in [0.25, 0.3) is 0 Å². The largest absolute Gasteiger partial charge is 0.314 e. The maximum atomic E-state index is 11.6. The van der Waals surface area contributed by atoms with Crippen LogP contribution in [0.15, 0.2) is 0 Å². The van der Waals surface area contributed by atoms with Crippen molar-refractivity contribution in [1.82, 2.24) is 10.6 Å². The second-order valence-corrected chi connectivity index (χ2v) is 8.87. The van der Waals surface area contributed by atoms with Crippen molar-refractivity contribution in [3.63, 3.8) is 0 Å². The molecule has 2 heterocycles. The van der Waals surface area contributed by atoms with Gasteiger partial charge in [-0.2, -0.15) is 0 Å². The van der Waals surface area contributed by atoms with Gasteiger partial charge < -0.3 is 10.6 Å². The highest BCUT2D eigenvalue weighted by molar-refractivity contribution is 7.91. The molecular weight excluding hydrogens is 260 g/mol. The molecule has 2 aliphatic rings. The van der Waals surface area contributed by atoms with Gasteiger partial charge in [0.2, 0.25) is 0 Å². The Hall–Kier alpha value is -0.130. The van der Waals surface area contributed by atoms with Crippen molar-refractivity contribution in [3.05, 3.63) is 0 Å². The second-order valence-electron chi connectivity index (χ2n) is 6.68. The lowest BCUT2D eigenvalue weighted by molar-refractivity contribution is 0.313. The molecule has 2 N–H and O–H groups in total. The van der Waals surface area contributed by atoms with E-state index in [0.717, 1.165) is 19.4 Å². The van der Waals surface area contributed by atoms with Crippen LogP contribution in [-0.2, 0) is 9.84 Å². The molecule has 2 saturated heterocycles. The van der Waals surface area contributed by atoms with E-state index in [0.29, 0.717) is 23.6 Å². The van der Waals surface area contributed by atoms with E-state index in [9.17, 15) is 8.42 Å². The summed E-state index contributed by atoms with van der Waals surface area (Å²) >= 11 is 0. The van der Waals surface area contributed by atoms with Gasteiger partial charge in [0.15, 0.2) is 9.84 Å². The summed E-state index contributed by atoms with van der Waals surface area (Å²) in [4.78, 5) is 0. The van der Waals surface area contributed by atoms with Gasteiger partial charge in [-0.1, -0.05) is 12.8 Å². The predicted molar refractivity (Wildman–Crippen MR) is 79.1 cm³/mol. The zero-order valence-corrected chi connectivity index (χ0v) is 13.1. The summed E-state index contributed by atoms with van der Waals surface area (Å²) < 4.78 is 23.2. The molecule has 19 heavy (non-hydrogen) atoms. The first kappa shape index (κ1) is 15.3. The van der Waals surface area contributed by atoms with Crippen LogP contribution >= 0.6 is 0 Å². The summed E-state index contributed by atoms with van der Waals surface area (Å²) in [6.07, 6.45) is 7.03. The first-order chi connectivity index (χ1) is 8.89. The van der Waals surface area contributed by atoms with Crippen LogP contribution in [0.3, 0.4) is 0 Å². The van der Waals surface area contributed by atoms with Crippen LogP contribution < -0.4 is 10.6 Å². The second kappa shape index (κ2) is 6.10. The SMILES string of the molecule is CC(CC1CCCCCN1)NC1(C)CCS(=O)(=O)C1. The lowest BCUT2D eigenvalue weighted by atomic mass is 9.97. The number of hydrogen-bond donors (Lipinski definition) is 2. The minimum Gasteiger partial charge on any atom is -0.314 e. The highest BCUT2D eigenvalue weighted by Crippen LogP contribution is 2.24. The van der Waals surface area contributed by atoms with Gasteiger partial charge in [-0.05, 0) is 46.1 Å². The fraction of sp³-hybridized carbons (Fsp3) is 1.00. The summed E-state index contributed by atoms with van der Waals surface area (Å²) in [7, 11) is -2.82. The van der Waals surface area contributed by atoms with Crippen molar-refractivity contribution in [2.45, 2.75) is 70.0 Å². The zero-order valence-electron chi connectivity index (χ0n) is 12.2. The standard InChI is InChI=1S/C14H28N2O2S/c1-12(10-13-6-4-3-5-8-15-13)16-14(2)7-9-19(17,18)11-14/h12-13,15-16H,3-11H2,1-2H3. The Morgan fingerprint density at radius 3 is 2.84 bits per heavy atom. The van der Waals surface area contributed by atoms with E-state index in [-0.39, 0.29) is 5.54 Å². The molecule has 4 nitrogen and oxygen atoms in total. The number of rotatable bonds is 4. The minimum absolute atomic E-state index is 0.219. The topological polar surface area (TPSA) is 58.2 Å². The molecule has 0 radical (unpaired) electrons. The molecule has 2 aliphatic heterocycles. The van der Waals surface area contributed by atoms with Gasteiger partial charge in [-0.15, -0.1) is 0 Å². The summed E-state index contributed by atoms with van der Waals surface area (Å²) in [5.74, 6) is 0.632. The van der Waals surface area contributed by atoms with E-state index in [1.807, 2.05) is 0 Å². The van der Waals surface area contributed by atoms with E-state index >= 15 is 0 Å². The minimum atomic E-state index is -2.82. The van der Waals surface area contributed by atoms with Gasteiger partial charge in [0.05, 0.1) is 11.5 Å². The van der Waals surface area contributed by atoms with Crippen molar-refractivity contribution in [3.8, 4) is 0 Å². The van der Waals surface area contributed by atoms with E-state index in [1.54, 1.807) is 0 Å². The predicted octanol–water partition coefficient (Wildman–Crippen LogP) is 1.46. The Morgan fingerprint density at radius 2 is 2.16 bits per heavy atom. The third kappa shape index (κ3) is 4.72. The quantitative estimate of drug-likeness (QED) is 0.822. The van der Waals surface area contributed by atoms with Crippen LogP contribution in [0.1, 0.15) is 52.4 Å². The van der Waals surface area contributed by atoms with Crippen LogP contribution in [0.2, 0.25) is 0 Å². The van der Waals surface area contributed by atoms with Gasteiger partial charge in [0.25, 0.3) is 0 Å². The Balaban J connectivity index is 1.82. The molecule has 3 unspecified atom stereocenters. The third-order valence-corrected chi connectivity index (χ3v) is 6.30. The molecule has 0 bridgehead atoms.